The SMILES string of the molecule is CNCC1CCCN1C(=O)c1cc(C)ccc1O. The Morgan fingerprint density at radius 2 is 2.33 bits per heavy atom. The van der Waals surface area contributed by atoms with Crippen molar-refractivity contribution in [2.45, 2.75) is 25.8 Å². The molecule has 1 unspecified atom stereocenters. The van der Waals surface area contributed by atoms with Crippen LogP contribution in [0.4, 0.5) is 0 Å². The Morgan fingerprint density at radius 1 is 1.56 bits per heavy atom. The number of phenolic OH excluding ortho intramolecular Hbond substituents is 1. The molecule has 0 saturated carbocycles. The van der Waals surface area contributed by atoms with E-state index in [2.05, 4.69) is 5.32 Å². The van der Waals surface area contributed by atoms with E-state index in [1.54, 1.807) is 18.2 Å². The number of amides is 1. The molecule has 1 atom stereocenters. The lowest BCUT2D eigenvalue weighted by atomic mass is 10.1. The first-order valence-electron chi connectivity index (χ1n) is 6.38. The maximum absolute atomic E-state index is 12.4. The molecule has 0 aliphatic carbocycles. The van der Waals surface area contributed by atoms with E-state index in [9.17, 15) is 9.90 Å². The smallest absolute Gasteiger partial charge is 0.257 e. The first-order valence-corrected chi connectivity index (χ1v) is 6.38. The zero-order valence-corrected chi connectivity index (χ0v) is 10.9. The Labute approximate surface area is 108 Å². The Balaban J connectivity index is 2.22. The van der Waals surface area contributed by atoms with Crippen LogP contribution in [-0.2, 0) is 0 Å². The molecule has 2 N–H and O–H groups in total. The summed E-state index contributed by atoms with van der Waals surface area (Å²) in [6.45, 7) is 3.50. The molecular weight excluding hydrogens is 228 g/mol. The van der Waals surface area contributed by atoms with Crippen LogP contribution in [0.2, 0.25) is 0 Å². The molecular formula is C14H20N2O2. The number of phenols is 1. The molecule has 0 radical (unpaired) electrons. The lowest BCUT2D eigenvalue weighted by Crippen LogP contribution is -2.40. The van der Waals surface area contributed by atoms with Crippen LogP contribution < -0.4 is 5.32 Å². The second-order valence-corrected chi connectivity index (χ2v) is 4.87. The average molecular weight is 248 g/mol. The van der Waals surface area contributed by atoms with Crippen LogP contribution in [0.5, 0.6) is 5.75 Å². The minimum atomic E-state index is -0.0612. The molecule has 0 aromatic heterocycles. The number of aromatic hydroxyl groups is 1. The Hall–Kier alpha value is -1.55. The number of carbonyl (C=O) groups excluding carboxylic acids is 1. The summed E-state index contributed by atoms with van der Waals surface area (Å²) in [4.78, 5) is 14.3. The summed E-state index contributed by atoms with van der Waals surface area (Å²) >= 11 is 0. The van der Waals surface area contributed by atoms with Gasteiger partial charge >= 0.3 is 0 Å². The third-order valence-corrected chi connectivity index (χ3v) is 3.46. The molecule has 18 heavy (non-hydrogen) atoms. The highest BCUT2D eigenvalue weighted by atomic mass is 16.3. The molecule has 1 aliphatic heterocycles. The zero-order chi connectivity index (χ0) is 13.1. The van der Waals surface area contributed by atoms with Crippen molar-refractivity contribution in [2.75, 3.05) is 20.1 Å². The van der Waals surface area contributed by atoms with E-state index in [0.717, 1.165) is 31.5 Å². The van der Waals surface area contributed by atoms with Crippen molar-refractivity contribution in [3.8, 4) is 5.75 Å². The summed E-state index contributed by atoms with van der Waals surface area (Å²) in [5, 5.41) is 12.9. The van der Waals surface area contributed by atoms with Gasteiger partial charge in [-0.3, -0.25) is 4.79 Å². The summed E-state index contributed by atoms with van der Waals surface area (Å²) < 4.78 is 0. The van der Waals surface area contributed by atoms with Crippen molar-refractivity contribution < 1.29 is 9.90 Å². The maximum Gasteiger partial charge on any atom is 0.257 e. The van der Waals surface area contributed by atoms with E-state index >= 15 is 0 Å². The van der Waals surface area contributed by atoms with Crippen molar-refractivity contribution in [3.63, 3.8) is 0 Å². The van der Waals surface area contributed by atoms with Gasteiger partial charge in [-0.1, -0.05) is 11.6 Å². The quantitative estimate of drug-likeness (QED) is 0.853. The number of nitrogens with one attached hydrogen (secondary N) is 1. The monoisotopic (exact) mass is 248 g/mol. The van der Waals surface area contributed by atoms with Crippen LogP contribution in [0.25, 0.3) is 0 Å². The van der Waals surface area contributed by atoms with Crippen molar-refractivity contribution >= 4 is 5.91 Å². The molecule has 1 amide bonds. The van der Waals surface area contributed by atoms with Gasteiger partial charge in [-0.05, 0) is 38.9 Å². The number of likely N-dealkylation sites (tertiary alicyclic amines) is 1. The van der Waals surface area contributed by atoms with E-state index in [-0.39, 0.29) is 17.7 Å². The van der Waals surface area contributed by atoms with Gasteiger partial charge in [0.25, 0.3) is 5.91 Å². The molecule has 1 heterocycles. The Kier molecular flexibility index (Phi) is 3.87. The second-order valence-electron chi connectivity index (χ2n) is 4.87. The molecule has 1 aromatic rings. The van der Waals surface area contributed by atoms with Crippen LogP contribution in [-0.4, -0.2) is 42.1 Å². The number of benzene rings is 1. The largest absolute Gasteiger partial charge is 0.507 e. The van der Waals surface area contributed by atoms with Gasteiger partial charge < -0.3 is 15.3 Å². The molecule has 1 aromatic carbocycles. The van der Waals surface area contributed by atoms with E-state index in [1.165, 1.54) is 0 Å². The second kappa shape index (κ2) is 5.40. The van der Waals surface area contributed by atoms with Gasteiger partial charge in [0, 0.05) is 19.1 Å². The standard InChI is InChI=1S/C14H20N2O2/c1-10-5-6-13(17)12(8-10)14(18)16-7-3-4-11(16)9-15-2/h5-6,8,11,15,17H,3-4,7,9H2,1-2H3. The predicted molar refractivity (Wildman–Crippen MR) is 70.8 cm³/mol. The van der Waals surface area contributed by atoms with E-state index < -0.39 is 0 Å². The minimum absolute atomic E-state index is 0.0612. The van der Waals surface area contributed by atoms with E-state index in [0.29, 0.717) is 5.56 Å². The normalized spacial score (nSPS) is 19.2. The fraction of sp³-hybridized carbons (Fsp3) is 0.500. The van der Waals surface area contributed by atoms with Gasteiger partial charge in [0.1, 0.15) is 5.75 Å². The average Bonchev–Trinajstić information content (AvgIpc) is 2.80. The predicted octanol–water partition coefficient (Wildman–Crippen LogP) is 1.52. The zero-order valence-electron chi connectivity index (χ0n) is 10.9. The van der Waals surface area contributed by atoms with Gasteiger partial charge in [0.05, 0.1) is 5.56 Å². The molecule has 98 valence electrons. The molecule has 1 fully saturated rings. The Morgan fingerprint density at radius 3 is 3.06 bits per heavy atom. The highest BCUT2D eigenvalue weighted by molar-refractivity contribution is 5.97. The summed E-state index contributed by atoms with van der Waals surface area (Å²) in [7, 11) is 1.89. The minimum Gasteiger partial charge on any atom is -0.507 e. The highest BCUT2D eigenvalue weighted by Crippen LogP contribution is 2.25. The molecule has 4 nitrogen and oxygen atoms in total. The maximum atomic E-state index is 12.4. The van der Waals surface area contributed by atoms with Crippen LogP contribution in [0.1, 0.15) is 28.8 Å². The molecule has 4 heteroatoms. The Bertz CT molecular complexity index is 445. The lowest BCUT2D eigenvalue weighted by molar-refractivity contribution is 0.0734. The number of hydrogen-bond donors (Lipinski definition) is 2. The van der Waals surface area contributed by atoms with E-state index in [1.807, 2.05) is 18.9 Å². The van der Waals surface area contributed by atoms with Crippen molar-refractivity contribution in [1.82, 2.24) is 10.2 Å². The fourth-order valence-electron chi connectivity index (χ4n) is 2.53. The first-order chi connectivity index (χ1) is 8.63. The van der Waals surface area contributed by atoms with Gasteiger partial charge in [0.15, 0.2) is 0 Å². The van der Waals surface area contributed by atoms with Gasteiger partial charge in [0.2, 0.25) is 0 Å². The summed E-state index contributed by atoms with van der Waals surface area (Å²) in [5.41, 5.74) is 1.40. The van der Waals surface area contributed by atoms with E-state index in [4.69, 9.17) is 0 Å². The van der Waals surface area contributed by atoms with Gasteiger partial charge in [-0.2, -0.15) is 0 Å². The number of hydrogen-bond acceptors (Lipinski definition) is 3. The third kappa shape index (κ3) is 2.48. The van der Waals surface area contributed by atoms with Crippen molar-refractivity contribution in [3.05, 3.63) is 29.3 Å². The van der Waals surface area contributed by atoms with Crippen LogP contribution in [0.3, 0.4) is 0 Å². The summed E-state index contributed by atoms with van der Waals surface area (Å²) in [5.74, 6) is 0.00894. The summed E-state index contributed by atoms with van der Waals surface area (Å²) in [6, 6.07) is 5.39. The number of rotatable bonds is 3. The van der Waals surface area contributed by atoms with Gasteiger partial charge in [-0.25, -0.2) is 0 Å². The topological polar surface area (TPSA) is 52.6 Å². The highest BCUT2D eigenvalue weighted by Gasteiger charge is 2.29. The van der Waals surface area contributed by atoms with Crippen LogP contribution >= 0.6 is 0 Å². The first kappa shape index (κ1) is 12.9. The molecule has 0 spiro atoms. The number of aryl methyl sites for hydroxylation is 1. The van der Waals surface area contributed by atoms with Crippen molar-refractivity contribution in [1.29, 1.82) is 0 Å². The molecule has 2 rings (SSSR count). The number of nitrogens with zero attached hydrogens (tertiary/aromatic N) is 1. The van der Waals surface area contributed by atoms with Crippen LogP contribution in [0.15, 0.2) is 18.2 Å². The van der Waals surface area contributed by atoms with Crippen molar-refractivity contribution in [2.24, 2.45) is 0 Å². The molecule has 0 bridgehead atoms. The third-order valence-electron chi connectivity index (χ3n) is 3.46. The van der Waals surface area contributed by atoms with Gasteiger partial charge in [-0.15, -0.1) is 0 Å². The molecule has 1 saturated heterocycles. The number of likely N-dealkylation sites (N-methyl/N-ethyl adjacent to an activating group) is 1. The number of carbonyl (C=O) groups is 1. The van der Waals surface area contributed by atoms with Crippen LogP contribution in [0, 0.1) is 6.92 Å². The molecule has 1 aliphatic rings. The fourth-order valence-corrected chi connectivity index (χ4v) is 2.53. The lowest BCUT2D eigenvalue weighted by Gasteiger charge is -2.25. The summed E-state index contributed by atoms with van der Waals surface area (Å²) in [6.07, 6.45) is 2.06.